The molecule has 0 radical (unpaired) electrons. The predicted octanol–water partition coefficient (Wildman–Crippen LogP) is 4.32. The molecule has 0 spiro atoms. The number of rotatable bonds is 5. The summed E-state index contributed by atoms with van der Waals surface area (Å²) < 4.78 is 8.08. The molecule has 1 fully saturated rings. The van der Waals surface area contributed by atoms with Crippen molar-refractivity contribution in [3.05, 3.63) is 83.9 Å². The van der Waals surface area contributed by atoms with Crippen LogP contribution in [0.2, 0.25) is 0 Å². The Morgan fingerprint density at radius 2 is 1.88 bits per heavy atom. The van der Waals surface area contributed by atoms with Gasteiger partial charge in [-0.25, -0.2) is 4.98 Å². The van der Waals surface area contributed by atoms with Crippen molar-refractivity contribution in [2.75, 3.05) is 0 Å². The number of ether oxygens (including phenoxy) is 1. The summed E-state index contributed by atoms with van der Waals surface area (Å²) in [6, 6.07) is 20.9. The maximum Gasteiger partial charge on any atom is 0.110 e. The summed E-state index contributed by atoms with van der Waals surface area (Å²) in [5.74, 6) is 0.970. The minimum atomic E-state index is -0.380. The molecule has 0 saturated heterocycles. The van der Waals surface area contributed by atoms with Crippen molar-refractivity contribution in [3.63, 3.8) is 0 Å². The molecule has 1 aliphatic rings. The summed E-state index contributed by atoms with van der Waals surface area (Å²) >= 11 is 0. The van der Waals surface area contributed by atoms with E-state index in [1.165, 1.54) is 0 Å². The average molecular weight is 343 g/mol. The van der Waals surface area contributed by atoms with Gasteiger partial charge in [0.25, 0.3) is 0 Å². The third-order valence-corrected chi connectivity index (χ3v) is 5.22. The van der Waals surface area contributed by atoms with E-state index < -0.39 is 0 Å². The molecule has 4 nitrogen and oxygen atoms in total. The Balaban J connectivity index is 1.35. The van der Waals surface area contributed by atoms with Crippen LogP contribution >= 0.6 is 0 Å². The first kappa shape index (κ1) is 16.6. The summed E-state index contributed by atoms with van der Waals surface area (Å²) in [6.07, 6.45) is 5.43. The van der Waals surface area contributed by atoms with Gasteiger partial charge in [-0.05, 0) is 43.0 Å². The molecule has 0 N–H and O–H groups in total. The van der Waals surface area contributed by atoms with Gasteiger partial charge in [0.15, 0.2) is 0 Å². The second-order valence-corrected chi connectivity index (χ2v) is 6.91. The third-order valence-electron chi connectivity index (χ3n) is 5.22. The van der Waals surface area contributed by atoms with Gasteiger partial charge in [-0.1, -0.05) is 42.5 Å². The molecule has 1 saturated carbocycles. The van der Waals surface area contributed by atoms with Crippen LogP contribution in [0.3, 0.4) is 0 Å². The number of aromatic nitrogens is 2. The van der Waals surface area contributed by atoms with Crippen molar-refractivity contribution in [2.45, 2.75) is 37.9 Å². The summed E-state index contributed by atoms with van der Waals surface area (Å²) in [5.41, 5.74) is 2.96. The van der Waals surface area contributed by atoms with E-state index in [4.69, 9.17) is 4.74 Å². The molecule has 4 rings (SSSR count). The van der Waals surface area contributed by atoms with Crippen LogP contribution in [0.25, 0.3) is 5.69 Å². The van der Waals surface area contributed by atoms with Crippen LogP contribution in [-0.2, 0) is 16.8 Å². The van der Waals surface area contributed by atoms with Crippen molar-refractivity contribution in [3.8, 4) is 11.8 Å². The lowest BCUT2D eigenvalue weighted by molar-refractivity contribution is -0.0391. The van der Waals surface area contributed by atoms with Gasteiger partial charge in [0.2, 0.25) is 0 Å². The third kappa shape index (κ3) is 3.02. The van der Waals surface area contributed by atoms with E-state index in [0.717, 1.165) is 35.5 Å². The van der Waals surface area contributed by atoms with Gasteiger partial charge in [0, 0.05) is 18.1 Å². The first-order valence-electron chi connectivity index (χ1n) is 8.88. The smallest absolute Gasteiger partial charge is 0.110 e. The largest absolute Gasteiger partial charge is 0.373 e. The van der Waals surface area contributed by atoms with Crippen LogP contribution in [0.4, 0.5) is 0 Å². The highest BCUT2D eigenvalue weighted by Crippen LogP contribution is 2.45. The Hall–Kier alpha value is -2.90. The molecule has 1 aromatic heterocycles. The van der Waals surface area contributed by atoms with Crippen molar-refractivity contribution < 1.29 is 4.74 Å². The van der Waals surface area contributed by atoms with Crippen LogP contribution in [-0.4, -0.2) is 15.7 Å². The zero-order valence-corrected chi connectivity index (χ0v) is 14.8. The van der Waals surface area contributed by atoms with E-state index in [-0.39, 0.29) is 11.5 Å². The molecule has 0 amide bonds. The molecule has 3 aromatic rings. The minimum Gasteiger partial charge on any atom is -0.373 e. The fourth-order valence-corrected chi connectivity index (χ4v) is 3.60. The van der Waals surface area contributed by atoms with Crippen molar-refractivity contribution in [1.82, 2.24) is 9.55 Å². The monoisotopic (exact) mass is 343 g/mol. The Morgan fingerprint density at radius 3 is 2.50 bits per heavy atom. The Bertz CT molecular complexity index is 916. The summed E-state index contributed by atoms with van der Waals surface area (Å²) in [7, 11) is 0. The Labute approximate surface area is 153 Å². The number of hydrogen-bond acceptors (Lipinski definition) is 3. The topological polar surface area (TPSA) is 50.8 Å². The highest BCUT2D eigenvalue weighted by molar-refractivity contribution is 5.37. The van der Waals surface area contributed by atoms with Crippen LogP contribution < -0.4 is 0 Å². The fraction of sp³-hybridized carbons (Fsp3) is 0.273. The molecule has 0 atom stereocenters. The van der Waals surface area contributed by atoms with Gasteiger partial charge >= 0.3 is 0 Å². The van der Waals surface area contributed by atoms with Crippen molar-refractivity contribution in [1.29, 1.82) is 5.26 Å². The van der Waals surface area contributed by atoms with Gasteiger partial charge in [-0.2, -0.15) is 5.26 Å². The number of benzene rings is 2. The SMILES string of the molecule is Cc1nccn1-c1ccc(COC2CC(C#N)(c3ccccc3)C2)cc1. The zero-order valence-electron chi connectivity index (χ0n) is 14.8. The van der Waals surface area contributed by atoms with Crippen molar-refractivity contribution in [2.24, 2.45) is 0 Å². The Morgan fingerprint density at radius 1 is 1.15 bits per heavy atom. The van der Waals surface area contributed by atoms with E-state index in [1.807, 2.05) is 43.5 Å². The second kappa shape index (κ2) is 6.78. The molecule has 1 heterocycles. The molecule has 1 aliphatic carbocycles. The van der Waals surface area contributed by atoms with Crippen LogP contribution in [0.5, 0.6) is 0 Å². The molecule has 4 heteroatoms. The van der Waals surface area contributed by atoms with Gasteiger partial charge < -0.3 is 9.30 Å². The van der Waals surface area contributed by atoms with Crippen LogP contribution in [0.1, 0.15) is 29.8 Å². The molecular weight excluding hydrogens is 322 g/mol. The zero-order chi connectivity index (χ0) is 18.0. The van der Waals surface area contributed by atoms with Crippen molar-refractivity contribution >= 4 is 0 Å². The number of imidazole rings is 1. The second-order valence-electron chi connectivity index (χ2n) is 6.91. The number of nitriles is 1. The maximum atomic E-state index is 9.62. The summed E-state index contributed by atoms with van der Waals surface area (Å²) in [4.78, 5) is 4.25. The molecule has 0 aliphatic heterocycles. The average Bonchev–Trinajstić information content (AvgIpc) is 3.08. The fourth-order valence-electron chi connectivity index (χ4n) is 3.60. The predicted molar refractivity (Wildman–Crippen MR) is 99.8 cm³/mol. The first-order valence-corrected chi connectivity index (χ1v) is 8.88. The van der Waals surface area contributed by atoms with E-state index in [1.54, 1.807) is 6.20 Å². The molecule has 130 valence electrons. The van der Waals surface area contributed by atoms with Gasteiger partial charge in [-0.15, -0.1) is 0 Å². The molecule has 0 bridgehead atoms. The number of hydrogen-bond donors (Lipinski definition) is 0. The van der Waals surface area contributed by atoms with Crippen LogP contribution in [0, 0.1) is 18.3 Å². The van der Waals surface area contributed by atoms with E-state index in [2.05, 4.69) is 39.9 Å². The number of nitrogens with zero attached hydrogens (tertiary/aromatic N) is 3. The lowest BCUT2D eigenvalue weighted by Gasteiger charge is -2.42. The number of aryl methyl sites for hydroxylation is 1. The summed E-state index contributed by atoms with van der Waals surface area (Å²) in [6.45, 7) is 2.56. The highest BCUT2D eigenvalue weighted by atomic mass is 16.5. The van der Waals surface area contributed by atoms with Crippen LogP contribution in [0.15, 0.2) is 67.0 Å². The summed E-state index contributed by atoms with van der Waals surface area (Å²) in [5, 5.41) is 9.62. The maximum absolute atomic E-state index is 9.62. The molecule has 2 aromatic carbocycles. The standard InChI is InChI=1S/C22H21N3O/c1-17-24-11-12-25(17)20-9-7-18(8-10-20)15-26-21-13-22(14-21,16-23)19-5-3-2-4-6-19/h2-12,21H,13-15H2,1H3. The Kier molecular flexibility index (Phi) is 4.32. The first-order chi connectivity index (χ1) is 12.7. The quantitative estimate of drug-likeness (QED) is 0.693. The van der Waals surface area contributed by atoms with Gasteiger partial charge in [0.1, 0.15) is 5.82 Å². The van der Waals surface area contributed by atoms with Gasteiger partial charge in [-0.3, -0.25) is 0 Å². The van der Waals surface area contributed by atoms with E-state index in [0.29, 0.717) is 6.61 Å². The normalized spacial score (nSPS) is 21.8. The van der Waals surface area contributed by atoms with E-state index >= 15 is 0 Å². The molecule has 0 unspecified atom stereocenters. The molecular formula is C22H21N3O. The highest BCUT2D eigenvalue weighted by Gasteiger charge is 2.46. The lowest BCUT2D eigenvalue weighted by atomic mass is 9.63. The minimum absolute atomic E-state index is 0.144. The molecule has 26 heavy (non-hydrogen) atoms. The van der Waals surface area contributed by atoms with Gasteiger partial charge in [0.05, 0.1) is 24.2 Å². The lowest BCUT2D eigenvalue weighted by Crippen LogP contribution is -2.44. The van der Waals surface area contributed by atoms with E-state index in [9.17, 15) is 5.26 Å².